The number of rotatable bonds is 6. The van der Waals surface area contributed by atoms with Crippen molar-refractivity contribution in [3.05, 3.63) is 23.8 Å². The molecule has 1 aromatic carbocycles. The largest absolute Gasteiger partial charge is 0.492 e. The molecule has 21 heavy (non-hydrogen) atoms. The number of anilines is 1. The predicted molar refractivity (Wildman–Crippen MR) is 87.0 cm³/mol. The van der Waals surface area contributed by atoms with Crippen LogP contribution in [0.15, 0.2) is 18.2 Å². The van der Waals surface area contributed by atoms with E-state index in [-0.39, 0.29) is 6.10 Å². The van der Waals surface area contributed by atoms with Crippen molar-refractivity contribution in [1.82, 2.24) is 5.32 Å². The molecule has 0 aliphatic carbocycles. The molecule has 2 rings (SSSR count). The molecule has 0 bridgehead atoms. The van der Waals surface area contributed by atoms with Crippen LogP contribution in [0.25, 0.3) is 0 Å². The second-order valence-corrected chi connectivity index (χ2v) is 5.99. The quantitative estimate of drug-likeness (QED) is 0.846. The molecule has 0 unspecified atom stereocenters. The lowest BCUT2D eigenvalue weighted by Gasteiger charge is -2.32. The standard InChI is InChI=1S/C17H28N2O2/c1-4-21-17-11-14(12-18-13(2)3)5-6-16(17)19-9-7-15(20)8-10-19/h5-6,11,13,15,18,20H,4,7-10,12H2,1-3H3. The molecule has 4 heteroatoms. The van der Waals surface area contributed by atoms with Crippen molar-refractivity contribution in [1.29, 1.82) is 0 Å². The maximum Gasteiger partial charge on any atom is 0.142 e. The van der Waals surface area contributed by atoms with Crippen LogP contribution in [0.2, 0.25) is 0 Å². The molecular weight excluding hydrogens is 264 g/mol. The summed E-state index contributed by atoms with van der Waals surface area (Å²) in [6.45, 7) is 9.63. The summed E-state index contributed by atoms with van der Waals surface area (Å²) in [5.74, 6) is 0.956. The number of nitrogens with one attached hydrogen (secondary N) is 1. The lowest BCUT2D eigenvalue weighted by atomic mass is 10.1. The van der Waals surface area contributed by atoms with Crippen LogP contribution in [-0.2, 0) is 6.54 Å². The van der Waals surface area contributed by atoms with Crippen LogP contribution in [0.1, 0.15) is 39.2 Å². The molecule has 1 saturated heterocycles. The molecular formula is C17H28N2O2. The third kappa shape index (κ3) is 4.61. The molecule has 1 fully saturated rings. The molecule has 0 atom stereocenters. The van der Waals surface area contributed by atoms with E-state index >= 15 is 0 Å². The SMILES string of the molecule is CCOc1cc(CNC(C)C)ccc1N1CCC(O)CC1. The van der Waals surface area contributed by atoms with Crippen LogP contribution in [0.5, 0.6) is 5.75 Å². The summed E-state index contributed by atoms with van der Waals surface area (Å²) in [7, 11) is 0. The van der Waals surface area contributed by atoms with Gasteiger partial charge in [-0.05, 0) is 37.5 Å². The van der Waals surface area contributed by atoms with E-state index in [9.17, 15) is 5.11 Å². The van der Waals surface area contributed by atoms with Crippen LogP contribution in [0.4, 0.5) is 5.69 Å². The second-order valence-electron chi connectivity index (χ2n) is 5.99. The first kappa shape index (κ1) is 16.1. The molecule has 0 spiro atoms. The number of hydrogen-bond acceptors (Lipinski definition) is 4. The van der Waals surface area contributed by atoms with Gasteiger partial charge in [0, 0.05) is 25.7 Å². The molecule has 0 saturated carbocycles. The van der Waals surface area contributed by atoms with E-state index in [2.05, 4.69) is 42.3 Å². The highest BCUT2D eigenvalue weighted by Crippen LogP contribution is 2.31. The number of nitrogens with zero attached hydrogens (tertiary/aromatic N) is 1. The van der Waals surface area contributed by atoms with E-state index in [0.29, 0.717) is 12.6 Å². The highest BCUT2D eigenvalue weighted by molar-refractivity contribution is 5.60. The van der Waals surface area contributed by atoms with E-state index < -0.39 is 0 Å². The molecule has 2 N–H and O–H groups in total. The van der Waals surface area contributed by atoms with Crippen LogP contribution in [0, 0.1) is 0 Å². The van der Waals surface area contributed by atoms with Crippen molar-refractivity contribution < 1.29 is 9.84 Å². The highest BCUT2D eigenvalue weighted by Gasteiger charge is 2.20. The van der Waals surface area contributed by atoms with Gasteiger partial charge in [0.25, 0.3) is 0 Å². The lowest BCUT2D eigenvalue weighted by molar-refractivity contribution is 0.145. The van der Waals surface area contributed by atoms with Crippen LogP contribution in [0.3, 0.4) is 0 Å². The minimum atomic E-state index is -0.147. The van der Waals surface area contributed by atoms with Crippen molar-refractivity contribution in [3.8, 4) is 5.75 Å². The minimum absolute atomic E-state index is 0.147. The molecule has 118 valence electrons. The van der Waals surface area contributed by atoms with Gasteiger partial charge in [0.15, 0.2) is 0 Å². The zero-order valence-electron chi connectivity index (χ0n) is 13.4. The Hall–Kier alpha value is -1.26. The summed E-state index contributed by atoms with van der Waals surface area (Å²) in [6.07, 6.45) is 1.52. The fraction of sp³-hybridized carbons (Fsp3) is 0.647. The molecule has 1 aliphatic rings. The van der Waals surface area contributed by atoms with Crippen molar-refractivity contribution in [3.63, 3.8) is 0 Å². The maximum absolute atomic E-state index is 9.65. The topological polar surface area (TPSA) is 44.7 Å². The zero-order valence-corrected chi connectivity index (χ0v) is 13.4. The average molecular weight is 292 g/mol. The Kier molecular flexibility index (Phi) is 5.88. The Labute approximate surface area is 128 Å². The van der Waals surface area contributed by atoms with Gasteiger partial charge in [-0.15, -0.1) is 0 Å². The normalized spacial score (nSPS) is 16.5. The zero-order chi connectivity index (χ0) is 15.2. The number of benzene rings is 1. The average Bonchev–Trinajstić information content (AvgIpc) is 2.47. The smallest absolute Gasteiger partial charge is 0.142 e. The molecule has 0 radical (unpaired) electrons. The monoisotopic (exact) mass is 292 g/mol. The van der Waals surface area contributed by atoms with Gasteiger partial charge in [-0.2, -0.15) is 0 Å². The first-order chi connectivity index (χ1) is 10.1. The first-order valence-electron chi connectivity index (χ1n) is 8.02. The number of aliphatic hydroxyl groups excluding tert-OH is 1. The van der Waals surface area contributed by atoms with Crippen molar-refractivity contribution in [2.45, 2.75) is 52.3 Å². The number of aliphatic hydroxyl groups is 1. The van der Waals surface area contributed by atoms with Crippen molar-refractivity contribution in [2.24, 2.45) is 0 Å². The Balaban J connectivity index is 2.12. The van der Waals surface area contributed by atoms with Gasteiger partial charge in [0.1, 0.15) is 5.75 Å². The lowest BCUT2D eigenvalue weighted by Crippen LogP contribution is -2.36. The maximum atomic E-state index is 9.65. The highest BCUT2D eigenvalue weighted by atomic mass is 16.5. The van der Waals surface area contributed by atoms with Gasteiger partial charge in [0.2, 0.25) is 0 Å². The fourth-order valence-electron chi connectivity index (χ4n) is 2.63. The molecule has 1 heterocycles. The van der Waals surface area contributed by atoms with Gasteiger partial charge < -0.3 is 20.1 Å². The molecule has 0 aromatic heterocycles. The third-order valence-corrected chi connectivity index (χ3v) is 3.84. The van der Waals surface area contributed by atoms with E-state index in [1.807, 2.05) is 6.92 Å². The van der Waals surface area contributed by atoms with Gasteiger partial charge in [-0.25, -0.2) is 0 Å². The Morgan fingerprint density at radius 3 is 2.67 bits per heavy atom. The minimum Gasteiger partial charge on any atom is -0.492 e. The molecule has 4 nitrogen and oxygen atoms in total. The van der Waals surface area contributed by atoms with Gasteiger partial charge >= 0.3 is 0 Å². The summed E-state index contributed by atoms with van der Waals surface area (Å²) in [5.41, 5.74) is 2.39. The molecule has 0 amide bonds. The van der Waals surface area contributed by atoms with Crippen LogP contribution < -0.4 is 15.0 Å². The first-order valence-corrected chi connectivity index (χ1v) is 8.02. The van der Waals surface area contributed by atoms with Crippen molar-refractivity contribution in [2.75, 3.05) is 24.6 Å². The van der Waals surface area contributed by atoms with Gasteiger partial charge in [-0.3, -0.25) is 0 Å². The second kappa shape index (κ2) is 7.66. The summed E-state index contributed by atoms with van der Waals surface area (Å²) >= 11 is 0. The Bertz CT molecular complexity index is 440. The summed E-state index contributed by atoms with van der Waals surface area (Å²) in [4.78, 5) is 2.32. The summed E-state index contributed by atoms with van der Waals surface area (Å²) < 4.78 is 5.83. The van der Waals surface area contributed by atoms with E-state index in [0.717, 1.165) is 43.9 Å². The number of hydrogen-bond donors (Lipinski definition) is 2. The summed E-state index contributed by atoms with van der Waals surface area (Å²) in [6, 6.07) is 6.93. The number of ether oxygens (including phenoxy) is 1. The fourth-order valence-corrected chi connectivity index (χ4v) is 2.63. The molecule has 1 aliphatic heterocycles. The van der Waals surface area contributed by atoms with Gasteiger partial charge in [-0.1, -0.05) is 19.9 Å². The van der Waals surface area contributed by atoms with Crippen molar-refractivity contribution >= 4 is 5.69 Å². The van der Waals surface area contributed by atoms with E-state index in [1.165, 1.54) is 5.56 Å². The van der Waals surface area contributed by atoms with Crippen LogP contribution in [-0.4, -0.2) is 36.9 Å². The summed E-state index contributed by atoms with van der Waals surface area (Å²) in [5, 5.41) is 13.1. The van der Waals surface area contributed by atoms with Gasteiger partial charge in [0.05, 0.1) is 18.4 Å². The van der Waals surface area contributed by atoms with E-state index in [1.54, 1.807) is 0 Å². The Morgan fingerprint density at radius 1 is 1.33 bits per heavy atom. The Morgan fingerprint density at radius 2 is 2.05 bits per heavy atom. The van der Waals surface area contributed by atoms with E-state index in [4.69, 9.17) is 4.74 Å². The predicted octanol–water partition coefficient (Wildman–Crippen LogP) is 2.54. The third-order valence-electron chi connectivity index (χ3n) is 3.84. The number of piperidine rings is 1. The molecule has 1 aromatic rings. The van der Waals surface area contributed by atoms with Crippen LogP contribution >= 0.6 is 0 Å².